The Balaban J connectivity index is 1.37. The molecule has 32 heavy (non-hydrogen) atoms. The van der Waals surface area contributed by atoms with Gasteiger partial charge in [0.15, 0.2) is 0 Å². The van der Waals surface area contributed by atoms with Gasteiger partial charge in [0.2, 0.25) is 5.91 Å². The highest BCUT2D eigenvalue weighted by Gasteiger charge is 2.55. The Kier molecular flexibility index (Phi) is 5.03. The Morgan fingerprint density at radius 1 is 1.06 bits per heavy atom. The highest BCUT2D eigenvalue weighted by atomic mass is 32.2. The number of para-hydroxylation sites is 1. The minimum absolute atomic E-state index is 0.0179. The second-order valence-corrected chi connectivity index (χ2v) is 11.5. The maximum absolute atomic E-state index is 13.1. The quantitative estimate of drug-likeness (QED) is 0.556. The van der Waals surface area contributed by atoms with E-state index >= 15 is 0 Å². The molecule has 0 radical (unpaired) electrons. The van der Waals surface area contributed by atoms with Crippen molar-refractivity contribution < 1.29 is 4.79 Å². The predicted molar refractivity (Wildman–Crippen MR) is 131 cm³/mol. The van der Waals surface area contributed by atoms with Crippen LogP contribution in [0.3, 0.4) is 0 Å². The molecular weight excluding hydrogens is 436 g/mol. The molecule has 0 saturated heterocycles. The Hall–Kier alpha value is -2.31. The molecule has 1 aromatic heterocycles. The van der Waals surface area contributed by atoms with E-state index in [2.05, 4.69) is 35.6 Å². The van der Waals surface area contributed by atoms with Crippen LogP contribution in [0.25, 0.3) is 0 Å². The van der Waals surface area contributed by atoms with E-state index in [1.165, 1.54) is 41.0 Å². The van der Waals surface area contributed by atoms with Gasteiger partial charge in [-0.1, -0.05) is 59.9 Å². The summed E-state index contributed by atoms with van der Waals surface area (Å²) in [5, 5.41) is 4.57. The summed E-state index contributed by atoms with van der Waals surface area (Å²) in [6.07, 6.45) is 3.94. The van der Waals surface area contributed by atoms with Gasteiger partial charge < -0.3 is 5.32 Å². The summed E-state index contributed by atoms with van der Waals surface area (Å²) in [4.78, 5) is 27.2. The zero-order valence-corrected chi connectivity index (χ0v) is 19.6. The van der Waals surface area contributed by atoms with Crippen LogP contribution in [0.4, 0.5) is 5.69 Å². The zero-order valence-electron chi connectivity index (χ0n) is 18.0. The first-order chi connectivity index (χ1) is 15.6. The van der Waals surface area contributed by atoms with Crippen LogP contribution in [0.15, 0.2) is 64.4 Å². The Morgan fingerprint density at radius 2 is 1.81 bits per heavy atom. The highest BCUT2D eigenvalue weighted by Crippen LogP contribution is 2.63. The number of carbonyl (C=O) groups excluding carboxylic acids is 1. The van der Waals surface area contributed by atoms with Crippen LogP contribution in [-0.4, -0.2) is 15.7 Å². The molecular formula is C26H26N2O2S2. The number of thioether (sulfide) groups is 1. The molecule has 5 atom stereocenters. The first kappa shape index (κ1) is 20.3. The van der Waals surface area contributed by atoms with Gasteiger partial charge in [-0.05, 0) is 61.1 Å². The number of rotatable bonds is 4. The molecule has 0 spiro atoms. The number of aryl methyl sites for hydroxylation is 1. The summed E-state index contributed by atoms with van der Waals surface area (Å²) >= 11 is 3.24. The second kappa shape index (κ2) is 7.92. The summed E-state index contributed by atoms with van der Waals surface area (Å²) < 4.78 is 1.73. The van der Waals surface area contributed by atoms with Crippen molar-refractivity contribution in [3.05, 3.63) is 80.3 Å². The van der Waals surface area contributed by atoms with Crippen molar-refractivity contribution in [3.8, 4) is 0 Å². The van der Waals surface area contributed by atoms with E-state index in [4.69, 9.17) is 0 Å². The average Bonchev–Trinajstić information content (AvgIpc) is 3.49. The Labute approximate surface area is 196 Å². The van der Waals surface area contributed by atoms with Crippen LogP contribution in [0, 0.1) is 24.7 Å². The maximum Gasteiger partial charge on any atom is 0.308 e. The number of nitrogens with zero attached hydrogens (tertiary/aromatic N) is 1. The SMILES string of the molecule is Cc1ccccc1NC(=O)Cn1c2c(sc1=O)[C@H](c1ccccc1)C1C3CCC(C3)C1S2. The molecule has 164 valence electrons. The molecule has 2 fully saturated rings. The van der Waals surface area contributed by atoms with E-state index in [-0.39, 0.29) is 23.2 Å². The molecule has 4 nitrogen and oxygen atoms in total. The van der Waals surface area contributed by atoms with Crippen LogP contribution in [0.2, 0.25) is 0 Å². The van der Waals surface area contributed by atoms with Crippen molar-refractivity contribution in [2.24, 2.45) is 17.8 Å². The van der Waals surface area contributed by atoms with E-state index in [0.29, 0.717) is 11.2 Å². The van der Waals surface area contributed by atoms with Gasteiger partial charge in [0.05, 0.1) is 5.03 Å². The lowest BCUT2D eigenvalue weighted by atomic mass is 9.75. The van der Waals surface area contributed by atoms with Crippen LogP contribution >= 0.6 is 23.1 Å². The Morgan fingerprint density at radius 3 is 2.62 bits per heavy atom. The fraction of sp³-hybridized carbons (Fsp3) is 0.385. The van der Waals surface area contributed by atoms with E-state index in [9.17, 15) is 9.59 Å². The van der Waals surface area contributed by atoms with E-state index in [1.807, 2.05) is 43.0 Å². The molecule has 4 unspecified atom stereocenters. The number of amides is 1. The lowest BCUT2D eigenvalue weighted by Gasteiger charge is -2.40. The molecule has 2 aliphatic carbocycles. The molecule has 2 saturated carbocycles. The predicted octanol–water partition coefficient (Wildman–Crippen LogP) is 5.51. The lowest BCUT2D eigenvalue weighted by Crippen LogP contribution is -2.34. The lowest BCUT2D eigenvalue weighted by molar-refractivity contribution is -0.116. The molecule has 2 bridgehead atoms. The standard InChI is InChI=1S/C26H26N2O2S2/c1-15-7-5-6-10-19(15)27-20(29)14-28-25-24(32-26(28)30)21(16-8-3-2-4-9-16)22-17-11-12-18(13-17)23(22)31-25/h2-10,17-18,21-23H,11-14H2,1H3,(H,27,29)/t17?,18?,21-,22?,23?/m1/s1. The molecule has 3 aliphatic rings. The fourth-order valence-corrected chi connectivity index (χ4v) is 9.32. The number of fused-ring (bicyclic) bond motifs is 6. The van der Waals surface area contributed by atoms with Crippen LogP contribution in [0.1, 0.15) is 41.2 Å². The third-order valence-electron chi connectivity index (χ3n) is 7.57. The van der Waals surface area contributed by atoms with Gasteiger partial charge in [-0.3, -0.25) is 14.2 Å². The van der Waals surface area contributed by atoms with Gasteiger partial charge in [-0.2, -0.15) is 0 Å². The van der Waals surface area contributed by atoms with E-state index in [1.54, 1.807) is 4.57 Å². The van der Waals surface area contributed by atoms with Crippen molar-refractivity contribution in [1.29, 1.82) is 0 Å². The molecule has 1 amide bonds. The molecule has 3 aromatic rings. The minimum Gasteiger partial charge on any atom is -0.324 e. The van der Waals surface area contributed by atoms with Gasteiger partial charge in [-0.15, -0.1) is 11.8 Å². The number of hydrogen-bond donors (Lipinski definition) is 1. The van der Waals surface area contributed by atoms with Gasteiger partial charge in [-0.25, -0.2) is 0 Å². The average molecular weight is 463 g/mol. The first-order valence-corrected chi connectivity index (χ1v) is 13.1. The normalized spacial score (nSPS) is 27.7. The number of nitrogens with one attached hydrogen (secondary N) is 1. The van der Waals surface area contributed by atoms with E-state index < -0.39 is 0 Å². The zero-order chi connectivity index (χ0) is 21.8. The number of aromatic nitrogens is 1. The summed E-state index contributed by atoms with van der Waals surface area (Å²) in [5.41, 5.74) is 3.14. The largest absolute Gasteiger partial charge is 0.324 e. The first-order valence-electron chi connectivity index (χ1n) is 11.4. The summed E-state index contributed by atoms with van der Waals surface area (Å²) in [5.74, 6) is 2.21. The molecule has 1 N–H and O–H groups in total. The third kappa shape index (κ3) is 3.27. The number of carbonyl (C=O) groups is 1. The third-order valence-corrected chi connectivity index (χ3v) is 10.4. The topological polar surface area (TPSA) is 51.1 Å². The molecule has 1 aliphatic heterocycles. The summed E-state index contributed by atoms with van der Waals surface area (Å²) in [6.45, 7) is 2.04. The summed E-state index contributed by atoms with van der Waals surface area (Å²) in [7, 11) is 0. The van der Waals surface area contributed by atoms with Crippen LogP contribution in [0.5, 0.6) is 0 Å². The van der Waals surface area contributed by atoms with Crippen molar-refractivity contribution in [3.63, 3.8) is 0 Å². The number of benzene rings is 2. The minimum atomic E-state index is -0.145. The molecule has 6 rings (SSSR count). The van der Waals surface area contributed by atoms with Gasteiger partial charge >= 0.3 is 4.87 Å². The summed E-state index contributed by atoms with van der Waals surface area (Å²) in [6, 6.07) is 18.4. The van der Waals surface area contributed by atoms with Gasteiger partial charge in [0.25, 0.3) is 0 Å². The van der Waals surface area contributed by atoms with E-state index in [0.717, 1.165) is 28.1 Å². The van der Waals surface area contributed by atoms with Gasteiger partial charge in [0.1, 0.15) is 6.54 Å². The number of hydrogen-bond acceptors (Lipinski definition) is 4. The van der Waals surface area contributed by atoms with Gasteiger partial charge in [0, 0.05) is 21.7 Å². The fourth-order valence-electron chi connectivity index (χ4n) is 6.17. The number of anilines is 1. The number of thiazole rings is 1. The highest BCUT2D eigenvalue weighted by molar-refractivity contribution is 8.00. The van der Waals surface area contributed by atoms with Crippen molar-refractivity contribution in [2.75, 3.05) is 5.32 Å². The molecule has 2 heterocycles. The van der Waals surface area contributed by atoms with Crippen molar-refractivity contribution >= 4 is 34.7 Å². The smallest absolute Gasteiger partial charge is 0.308 e. The van der Waals surface area contributed by atoms with Crippen LogP contribution < -0.4 is 10.2 Å². The molecule has 6 heteroatoms. The monoisotopic (exact) mass is 462 g/mol. The molecule has 2 aromatic carbocycles. The van der Waals surface area contributed by atoms with Crippen LogP contribution in [-0.2, 0) is 11.3 Å². The van der Waals surface area contributed by atoms with Crippen molar-refractivity contribution in [2.45, 2.75) is 48.9 Å². The Bertz CT molecular complexity index is 1230. The second-order valence-electron chi connectivity index (χ2n) is 9.37. The van der Waals surface area contributed by atoms with Crippen molar-refractivity contribution in [1.82, 2.24) is 4.57 Å². The maximum atomic E-state index is 13.1.